The lowest BCUT2D eigenvalue weighted by Gasteiger charge is -2.37. The molecule has 180 valence electrons. The zero-order valence-electron chi connectivity index (χ0n) is 19.1. The summed E-state index contributed by atoms with van der Waals surface area (Å²) in [4.78, 5) is 8.91. The second-order valence-corrected chi connectivity index (χ2v) is 8.89. The van der Waals surface area contributed by atoms with Crippen LogP contribution in [0.4, 0.5) is 18.9 Å². The van der Waals surface area contributed by atoms with Crippen LogP contribution in [0.15, 0.2) is 48.8 Å². The molecular weight excluding hydrogens is 443 g/mol. The van der Waals surface area contributed by atoms with Gasteiger partial charge in [0.2, 0.25) is 0 Å². The molecule has 2 aromatic carbocycles. The molecule has 0 aliphatic carbocycles. The number of ether oxygens (including phenoxy) is 1. The van der Waals surface area contributed by atoms with E-state index >= 15 is 0 Å². The number of nitrogens with zero attached hydrogens (tertiary/aromatic N) is 5. The molecule has 2 aliphatic rings. The molecule has 9 heteroatoms. The van der Waals surface area contributed by atoms with Gasteiger partial charge in [0, 0.05) is 51.0 Å². The summed E-state index contributed by atoms with van der Waals surface area (Å²) in [5, 5.41) is 4.17. The molecule has 1 unspecified atom stereocenters. The minimum Gasteiger partial charge on any atom is -0.373 e. The lowest BCUT2D eigenvalue weighted by atomic mass is 9.93. The number of anilines is 1. The maximum absolute atomic E-state index is 12.8. The topological polar surface area (TPSA) is 46.4 Å². The molecule has 0 amide bonds. The van der Waals surface area contributed by atoms with Crippen molar-refractivity contribution in [3.63, 3.8) is 0 Å². The van der Waals surface area contributed by atoms with Crippen LogP contribution in [0.1, 0.15) is 29.2 Å². The molecule has 5 rings (SSSR count). The first-order valence-electron chi connectivity index (χ1n) is 11.6. The summed E-state index contributed by atoms with van der Waals surface area (Å²) in [5.74, 6) is 0.858. The summed E-state index contributed by atoms with van der Waals surface area (Å²) in [5.41, 5.74) is 3.87. The van der Waals surface area contributed by atoms with Crippen molar-refractivity contribution in [3.8, 4) is 11.4 Å². The van der Waals surface area contributed by atoms with E-state index in [-0.39, 0.29) is 6.10 Å². The minimum atomic E-state index is -4.30. The Bertz CT molecular complexity index is 1120. The Labute approximate surface area is 197 Å². The standard InChI is InChI=1S/C25H28F3N5O/c1-31-24(29-17-30-31)19-2-7-22-18(16-19)9-15-34-23(22)8-10-32-11-13-33(14-12-32)21-5-3-20(4-6-21)25(26,27)28/h2-7,16-17,23H,8-15H2,1H3. The van der Waals surface area contributed by atoms with E-state index in [9.17, 15) is 13.2 Å². The predicted molar refractivity (Wildman–Crippen MR) is 124 cm³/mol. The fourth-order valence-corrected chi connectivity index (χ4v) is 4.86. The van der Waals surface area contributed by atoms with Crippen LogP contribution in [0, 0.1) is 0 Å². The Balaban J connectivity index is 1.16. The molecule has 0 N–H and O–H groups in total. The van der Waals surface area contributed by atoms with Crippen LogP contribution in [-0.2, 0) is 24.4 Å². The molecule has 34 heavy (non-hydrogen) atoms. The van der Waals surface area contributed by atoms with E-state index < -0.39 is 11.7 Å². The average Bonchev–Trinajstić information content (AvgIpc) is 3.28. The minimum absolute atomic E-state index is 0.0743. The Morgan fingerprint density at radius 3 is 2.47 bits per heavy atom. The van der Waals surface area contributed by atoms with Gasteiger partial charge in [0.25, 0.3) is 0 Å². The Kier molecular flexibility index (Phi) is 6.31. The highest BCUT2D eigenvalue weighted by Crippen LogP contribution is 2.33. The fraction of sp³-hybridized carbons (Fsp3) is 0.440. The molecule has 1 fully saturated rings. The van der Waals surface area contributed by atoms with Gasteiger partial charge in [-0.1, -0.05) is 12.1 Å². The normalized spacial score (nSPS) is 19.3. The molecule has 3 heterocycles. The number of hydrogen-bond acceptors (Lipinski definition) is 5. The number of alkyl halides is 3. The summed E-state index contributed by atoms with van der Waals surface area (Å²) < 4.78 is 46.3. The van der Waals surface area contributed by atoms with Crippen molar-refractivity contribution >= 4 is 5.69 Å². The molecule has 2 aliphatic heterocycles. The van der Waals surface area contributed by atoms with Crippen LogP contribution >= 0.6 is 0 Å². The molecule has 0 spiro atoms. The first-order valence-corrected chi connectivity index (χ1v) is 11.6. The fourth-order valence-electron chi connectivity index (χ4n) is 4.86. The summed E-state index contributed by atoms with van der Waals surface area (Å²) in [6.07, 6.45) is -0.850. The predicted octanol–water partition coefficient (Wildman–Crippen LogP) is 4.33. The number of rotatable bonds is 5. The van der Waals surface area contributed by atoms with Crippen molar-refractivity contribution in [2.24, 2.45) is 7.05 Å². The summed E-state index contributed by atoms with van der Waals surface area (Å²) in [7, 11) is 1.89. The quantitative estimate of drug-likeness (QED) is 0.555. The van der Waals surface area contributed by atoms with Gasteiger partial charge in [-0.15, -0.1) is 0 Å². The third kappa shape index (κ3) is 4.81. The molecule has 1 aromatic heterocycles. The van der Waals surface area contributed by atoms with E-state index in [4.69, 9.17) is 4.74 Å². The second kappa shape index (κ2) is 9.38. The van der Waals surface area contributed by atoms with E-state index in [2.05, 4.69) is 38.1 Å². The smallest absolute Gasteiger partial charge is 0.373 e. The van der Waals surface area contributed by atoms with Crippen LogP contribution in [0.3, 0.4) is 0 Å². The lowest BCUT2D eigenvalue weighted by Crippen LogP contribution is -2.47. The number of fused-ring (bicyclic) bond motifs is 1. The molecule has 0 bridgehead atoms. The van der Waals surface area contributed by atoms with Gasteiger partial charge in [-0.3, -0.25) is 4.90 Å². The second-order valence-electron chi connectivity index (χ2n) is 8.89. The van der Waals surface area contributed by atoms with Crippen LogP contribution in [0.2, 0.25) is 0 Å². The highest BCUT2D eigenvalue weighted by molar-refractivity contribution is 5.58. The monoisotopic (exact) mass is 471 g/mol. The van der Waals surface area contributed by atoms with Crippen LogP contribution < -0.4 is 4.90 Å². The van der Waals surface area contributed by atoms with Crippen molar-refractivity contribution in [2.45, 2.75) is 25.1 Å². The van der Waals surface area contributed by atoms with Gasteiger partial charge < -0.3 is 9.64 Å². The van der Waals surface area contributed by atoms with E-state index in [0.717, 1.165) is 74.8 Å². The largest absolute Gasteiger partial charge is 0.416 e. The molecule has 1 atom stereocenters. The number of halogens is 3. The van der Waals surface area contributed by atoms with Gasteiger partial charge in [-0.25, -0.2) is 9.67 Å². The van der Waals surface area contributed by atoms with Crippen molar-refractivity contribution in [1.29, 1.82) is 0 Å². The maximum Gasteiger partial charge on any atom is 0.416 e. The summed E-state index contributed by atoms with van der Waals surface area (Å²) in [6, 6.07) is 11.9. The summed E-state index contributed by atoms with van der Waals surface area (Å²) >= 11 is 0. The van der Waals surface area contributed by atoms with Gasteiger partial charge in [-0.2, -0.15) is 18.3 Å². The van der Waals surface area contributed by atoms with Crippen molar-refractivity contribution in [3.05, 3.63) is 65.5 Å². The molecule has 1 saturated heterocycles. The number of aromatic nitrogens is 3. The maximum atomic E-state index is 12.8. The molecule has 0 radical (unpaired) electrons. The van der Waals surface area contributed by atoms with Crippen molar-refractivity contribution in [2.75, 3.05) is 44.2 Å². The molecule has 3 aromatic rings. The zero-order chi connectivity index (χ0) is 23.7. The number of hydrogen-bond donors (Lipinski definition) is 0. The third-order valence-corrected chi connectivity index (χ3v) is 6.79. The SMILES string of the molecule is Cn1ncnc1-c1ccc2c(c1)CCOC2CCN1CCN(c2ccc(C(F)(F)F)cc2)CC1. The first kappa shape index (κ1) is 22.9. The Morgan fingerprint density at radius 1 is 1.03 bits per heavy atom. The number of aryl methyl sites for hydroxylation is 1. The summed E-state index contributed by atoms with van der Waals surface area (Å²) in [6.45, 7) is 5.00. The molecular formula is C25H28F3N5O. The van der Waals surface area contributed by atoms with E-state index in [1.165, 1.54) is 11.1 Å². The van der Waals surface area contributed by atoms with Gasteiger partial charge in [-0.05, 0) is 54.3 Å². The Morgan fingerprint density at radius 2 is 1.79 bits per heavy atom. The van der Waals surface area contributed by atoms with Gasteiger partial charge in [0.05, 0.1) is 18.3 Å². The van der Waals surface area contributed by atoms with Crippen LogP contribution in [0.25, 0.3) is 11.4 Å². The van der Waals surface area contributed by atoms with Crippen LogP contribution in [-0.4, -0.2) is 59.0 Å². The van der Waals surface area contributed by atoms with Gasteiger partial charge in [0.15, 0.2) is 5.82 Å². The van der Waals surface area contributed by atoms with E-state index in [1.807, 2.05) is 7.05 Å². The Hall–Kier alpha value is -2.91. The van der Waals surface area contributed by atoms with E-state index in [1.54, 1.807) is 23.1 Å². The molecule has 0 saturated carbocycles. The highest BCUT2D eigenvalue weighted by atomic mass is 19.4. The van der Waals surface area contributed by atoms with Crippen LogP contribution in [0.5, 0.6) is 0 Å². The van der Waals surface area contributed by atoms with Gasteiger partial charge >= 0.3 is 6.18 Å². The zero-order valence-corrected chi connectivity index (χ0v) is 19.1. The van der Waals surface area contributed by atoms with Crippen molar-refractivity contribution in [1.82, 2.24) is 19.7 Å². The number of piperazine rings is 1. The molecule has 6 nitrogen and oxygen atoms in total. The highest BCUT2D eigenvalue weighted by Gasteiger charge is 2.30. The van der Waals surface area contributed by atoms with Gasteiger partial charge in [0.1, 0.15) is 6.33 Å². The van der Waals surface area contributed by atoms with Crippen molar-refractivity contribution < 1.29 is 17.9 Å². The number of benzene rings is 2. The third-order valence-electron chi connectivity index (χ3n) is 6.79. The lowest BCUT2D eigenvalue weighted by molar-refractivity contribution is -0.137. The van der Waals surface area contributed by atoms with E-state index in [0.29, 0.717) is 6.61 Å². The average molecular weight is 472 g/mol. The first-order chi connectivity index (χ1) is 16.4.